The number of aromatic nitrogens is 4. The number of hydrogen-bond acceptors (Lipinski definition) is 3. The van der Waals surface area contributed by atoms with Gasteiger partial charge in [-0.25, -0.2) is 4.98 Å². The molecule has 0 bridgehead atoms. The van der Waals surface area contributed by atoms with Crippen molar-refractivity contribution in [3.63, 3.8) is 0 Å². The first kappa shape index (κ1) is 13.8. The number of halogens is 1. The summed E-state index contributed by atoms with van der Waals surface area (Å²) in [6.45, 7) is 2.01. The third-order valence-corrected chi connectivity index (χ3v) is 4.86. The van der Waals surface area contributed by atoms with Crippen molar-refractivity contribution in [3.05, 3.63) is 32.0 Å². The SMILES string of the molecule is Cc1c(-c2ncc(I)c(=O)n2C2CCCC2)cnn1C. The lowest BCUT2D eigenvalue weighted by atomic mass is 10.2. The molecule has 0 aliphatic heterocycles. The molecule has 6 heteroatoms. The molecule has 2 aromatic rings. The number of aryl methyl sites for hydroxylation is 1. The van der Waals surface area contributed by atoms with E-state index in [9.17, 15) is 4.79 Å². The monoisotopic (exact) mass is 384 g/mol. The van der Waals surface area contributed by atoms with E-state index in [1.807, 2.05) is 23.2 Å². The molecule has 2 aromatic heterocycles. The van der Waals surface area contributed by atoms with Crippen molar-refractivity contribution < 1.29 is 0 Å². The van der Waals surface area contributed by atoms with E-state index < -0.39 is 0 Å². The second-order valence-electron chi connectivity index (χ2n) is 5.31. The van der Waals surface area contributed by atoms with Crippen LogP contribution in [0.3, 0.4) is 0 Å². The van der Waals surface area contributed by atoms with E-state index in [4.69, 9.17) is 0 Å². The van der Waals surface area contributed by atoms with E-state index in [2.05, 4.69) is 32.7 Å². The number of rotatable bonds is 2. The molecule has 0 amide bonds. The maximum atomic E-state index is 12.6. The molecular weight excluding hydrogens is 367 g/mol. The highest BCUT2D eigenvalue weighted by Gasteiger charge is 2.24. The highest BCUT2D eigenvalue weighted by atomic mass is 127. The molecule has 1 fully saturated rings. The third kappa shape index (κ3) is 2.19. The summed E-state index contributed by atoms with van der Waals surface area (Å²) in [7, 11) is 1.91. The van der Waals surface area contributed by atoms with Gasteiger partial charge in [0.25, 0.3) is 5.56 Å². The van der Waals surface area contributed by atoms with Crippen LogP contribution in [0.5, 0.6) is 0 Å². The number of hydrogen-bond donors (Lipinski definition) is 0. The van der Waals surface area contributed by atoms with Crippen molar-refractivity contribution in [2.45, 2.75) is 38.6 Å². The van der Waals surface area contributed by atoms with Crippen LogP contribution in [0.15, 0.2) is 17.2 Å². The van der Waals surface area contributed by atoms with Crippen LogP contribution in [0.25, 0.3) is 11.4 Å². The summed E-state index contributed by atoms with van der Waals surface area (Å²) in [5.41, 5.74) is 2.06. The molecule has 20 heavy (non-hydrogen) atoms. The Balaban J connectivity index is 2.22. The van der Waals surface area contributed by atoms with Gasteiger partial charge in [-0.1, -0.05) is 12.8 Å². The summed E-state index contributed by atoms with van der Waals surface area (Å²) in [5.74, 6) is 0.757. The summed E-state index contributed by atoms with van der Waals surface area (Å²) in [6, 6.07) is 0.277. The van der Waals surface area contributed by atoms with E-state index >= 15 is 0 Å². The van der Waals surface area contributed by atoms with Crippen LogP contribution in [0.2, 0.25) is 0 Å². The van der Waals surface area contributed by atoms with Gasteiger partial charge >= 0.3 is 0 Å². The third-order valence-electron chi connectivity index (χ3n) is 4.12. The van der Waals surface area contributed by atoms with Crippen LogP contribution in [0.4, 0.5) is 0 Å². The molecule has 2 heterocycles. The van der Waals surface area contributed by atoms with Gasteiger partial charge in [-0.3, -0.25) is 14.0 Å². The largest absolute Gasteiger partial charge is 0.289 e. The highest BCUT2D eigenvalue weighted by Crippen LogP contribution is 2.32. The quantitative estimate of drug-likeness (QED) is 0.749. The minimum Gasteiger partial charge on any atom is -0.289 e. The predicted molar refractivity (Wildman–Crippen MR) is 85.7 cm³/mol. The molecule has 0 N–H and O–H groups in total. The standard InChI is InChI=1S/C14H17IN4O/c1-9-11(7-17-18(9)2)13-16-8-12(15)14(20)19(13)10-5-3-4-6-10/h7-8,10H,3-6H2,1-2H3. The van der Waals surface area contributed by atoms with Crippen molar-refractivity contribution in [3.8, 4) is 11.4 Å². The van der Waals surface area contributed by atoms with Gasteiger partial charge in [0.05, 0.1) is 15.3 Å². The highest BCUT2D eigenvalue weighted by molar-refractivity contribution is 14.1. The zero-order chi connectivity index (χ0) is 14.3. The van der Waals surface area contributed by atoms with Crippen molar-refractivity contribution in [1.29, 1.82) is 0 Å². The Labute approximate surface area is 131 Å². The Hall–Kier alpha value is -1.18. The topological polar surface area (TPSA) is 52.7 Å². The van der Waals surface area contributed by atoms with Gasteiger partial charge in [-0.2, -0.15) is 5.10 Å². The van der Waals surface area contributed by atoms with Gasteiger partial charge < -0.3 is 0 Å². The predicted octanol–water partition coefficient (Wildman–Crippen LogP) is 2.67. The van der Waals surface area contributed by atoms with Gasteiger partial charge in [0.15, 0.2) is 0 Å². The summed E-state index contributed by atoms with van der Waals surface area (Å²) >= 11 is 2.07. The summed E-state index contributed by atoms with van der Waals surface area (Å²) < 4.78 is 4.39. The maximum absolute atomic E-state index is 12.6. The lowest BCUT2D eigenvalue weighted by Gasteiger charge is -2.18. The van der Waals surface area contributed by atoms with Crippen LogP contribution in [0.1, 0.15) is 37.4 Å². The van der Waals surface area contributed by atoms with Crippen molar-refractivity contribution >= 4 is 22.6 Å². The molecule has 3 rings (SSSR count). The average Bonchev–Trinajstić information content (AvgIpc) is 3.05. The second kappa shape index (κ2) is 5.31. The Bertz CT molecular complexity index is 698. The molecule has 106 valence electrons. The molecule has 0 saturated heterocycles. The first-order valence-electron chi connectivity index (χ1n) is 6.85. The summed E-state index contributed by atoms with van der Waals surface area (Å²) in [4.78, 5) is 17.1. The minimum atomic E-state index is 0.0748. The Morgan fingerprint density at radius 2 is 2.00 bits per heavy atom. The second-order valence-corrected chi connectivity index (χ2v) is 6.47. The van der Waals surface area contributed by atoms with Crippen molar-refractivity contribution in [1.82, 2.24) is 19.3 Å². The molecule has 0 radical (unpaired) electrons. The van der Waals surface area contributed by atoms with Gasteiger partial charge in [0, 0.05) is 25.0 Å². The fourth-order valence-electron chi connectivity index (χ4n) is 2.87. The Morgan fingerprint density at radius 1 is 1.30 bits per heavy atom. The van der Waals surface area contributed by atoms with Gasteiger partial charge in [0.2, 0.25) is 0 Å². The maximum Gasteiger partial charge on any atom is 0.267 e. The summed E-state index contributed by atoms with van der Waals surface area (Å²) in [6.07, 6.45) is 7.97. The van der Waals surface area contributed by atoms with Gasteiger partial charge in [-0.15, -0.1) is 0 Å². The molecule has 5 nitrogen and oxygen atoms in total. The molecule has 0 atom stereocenters. The molecule has 1 aliphatic rings. The van der Waals surface area contributed by atoms with E-state index in [1.165, 1.54) is 12.8 Å². The van der Waals surface area contributed by atoms with Crippen molar-refractivity contribution in [2.75, 3.05) is 0 Å². The van der Waals surface area contributed by atoms with Crippen molar-refractivity contribution in [2.24, 2.45) is 7.05 Å². The fourth-order valence-corrected chi connectivity index (χ4v) is 3.26. The van der Waals surface area contributed by atoms with E-state index in [1.54, 1.807) is 12.4 Å². The van der Waals surface area contributed by atoms with Crippen LogP contribution < -0.4 is 5.56 Å². The summed E-state index contributed by atoms with van der Waals surface area (Å²) in [5, 5.41) is 4.27. The molecule has 1 saturated carbocycles. The first-order chi connectivity index (χ1) is 9.59. The van der Waals surface area contributed by atoms with Gasteiger partial charge in [-0.05, 0) is 42.4 Å². The first-order valence-corrected chi connectivity index (χ1v) is 7.93. The Kier molecular flexibility index (Phi) is 3.66. The van der Waals surface area contributed by atoms with Crippen LogP contribution in [0, 0.1) is 10.5 Å². The molecule has 0 unspecified atom stereocenters. The molecule has 1 aliphatic carbocycles. The smallest absolute Gasteiger partial charge is 0.267 e. The normalized spacial score (nSPS) is 15.9. The molecular formula is C14H17IN4O. The van der Waals surface area contributed by atoms with Gasteiger partial charge in [0.1, 0.15) is 5.82 Å². The minimum absolute atomic E-state index is 0.0748. The van der Waals surface area contributed by atoms with E-state index in [0.717, 1.165) is 29.9 Å². The lowest BCUT2D eigenvalue weighted by molar-refractivity contribution is 0.499. The van der Waals surface area contributed by atoms with E-state index in [0.29, 0.717) is 3.57 Å². The Morgan fingerprint density at radius 3 is 2.60 bits per heavy atom. The van der Waals surface area contributed by atoms with E-state index in [-0.39, 0.29) is 11.6 Å². The molecule has 0 aromatic carbocycles. The lowest BCUT2D eigenvalue weighted by Crippen LogP contribution is -2.28. The zero-order valence-corrected chi connectivity index (χ0v) is 13.8. The fraction of sp³-hybridized carbons (Fsp3) is 0.500. The molecule has 0 spiro atoms. The van der Waals surface area contributed by atoms with Crippen LogP contribution in [-0.4, -0.2) is 19.3 Å². The van der Waals surface area contributed by atoms with Crippen LogP contribution in [-0.2, 0) is 7.05 Å². The van der Waals surface area contributed by atoms with Crippen LogP contribution >= 0.6 is 22.6 Å². The number of nitrogens with zero attached hydrogens (tertiary/aromatic N) is 4. The zero-order valence-electron chi connectivity index (χ0n) is 11.6. The average molecular weight is 384 g/mol.